The lowest BCUT2D eigenvalue weighted by atomic mass is 9.93. The van der Waals surface area contributed by atoms with Crippen LogP contribution in [0.1, 0.15) is 48.1 Å². The van der Waals surface area contributed by atoms with Crippen LogP contribution in [-0.4, -0.2) is 30.2 Å². The molecule has 0 radical (unpaired) electrons. The number of fused-ring (bicyclic) bond motifs is 1. The molecule has 2 aliphatic heterocycles. The monoisotopic (exact) mass is 567 g/mol. The summed E-state index contributed by atoms with van der Waals surface area (Å²) in [6.45, 7) is 6.12. The fourth-order valence-electron chi connectivity index (χ4n) is 5.63. The van der Waals surface area contributed by atoms with E-state index < -0.39 is 17.8 Å². The average molecular weight is 568 g/mol. The van der Waals surface area contributed by atoms with E-state index in [1.165, 1.54) is 46.6 Å². The van der Waals surface area contributed by atoms with Crippen LogP contribution >= 0.6 is 11.3 Å². The maximum absolute atomic E-state index is 14.0. The van der Waals surface area contributed by atoms with Crippen molar-refractivity contribution in [1.29, 1.82) is 0 Å². The summed E-state index contributed by atoms with van der Waals surface area (Å²) in [5, 5.41) is 0. The first-order valence-electron chi connectivity index (χ1n) is 13.8. The summed E-state index contributed by atoms with van der Waals surface area (Å²) in [5.41, 5.74) is 5.05. The van der Waals surface area contributed by atoms with Crippen LogP contribution in [0.4, 0.5) is 10.1 Å². The normalized spacial score (nSPS) is 17.0. The van der Waals surface area contributed by atoms with Gasteiger partial charge in [-0.25, -0.2) is 14.2 Å². The van der Waals surface area contributed by atoms with Gasteiger partial charge in [-0.2, -0.15) is 0 Å². The summed E-state index contributed by atoms with van der Waals surface area (Å²) in [7, 11) is 0. The highest BCUT2D eigenvalue weighted by Gasteiger charge is 2.35. The average Bonchev–Trinajstić information content (AvgIpc) is 3.62. The van der Waals surface area contributed by atoms with Crippen LogP contribution in [0.5, 0.6) is 0 Å². The molecule has 1 aromatic heterocycles. The molecule has 0 unspecified atom stereocenters. The number of hydrogen-bond acceptors (Lipinski definition) is 6. The number of carbonyl (C=O) groups is 1. The second kappa shape index (κ2) is 11.3. The Hall–Kier alpha value is -4.30. The van der Waals surface area contributed by atoms with E-state index in [9.17, 15) is 14.0 Å². The van der Waals surface area contributed by atoms with Crippen molar-refractivity contribution in [3.8, 4) is 0 Å². The molecule has 2 aliphatic rings. The van der Waals surface area contributed by atoms with Gasteiger partial charge in [0.15, 0.2) is 4.80 Å². The standard InChI is InChI=1S/C33H30FN3O3S/c1-3-40-32(39)28-29(23-9-5-4-6-10-23)35-33-37(30(28)24-12-14-25(34)15-13-24)31(38)27(41-33)20-22-11-16-26(21(2)19-22)36-17-7-8-18-36/h4-6,9-16,19-20,30H,3,7-8,17-18H2,1-2H3/b27-20+/t30-/m1/s1. The summed E-state index contributed by atoms with van der Waals surface area (Å²) < 4.78 is 21.5. The highest BCUT2D eigenvalue weighted by atomic mass is 32.1. The third-order valence-electron chi connectivity index (χ3n) is 7.52. The van der Waals surface area contributed by atoms with E-state index >= 15 is 0 Å². The minimum Gasteiger partial charge on any atom is -0.463 e. The Morgan fingerprint density at radius 2 is 1.80 bits per heavy atom. The van der Waals surface area contributed by atoms with E-state index in [0.29, 0.717) is 20.6 Å². The van der Waals surface area contributed by atoms with Gasteiger partial charge in [0.05, 0.1) is 28.5 Å². The first-order valence-corrected chi connectivity index (χ1v) is 14.7. The van der Waals surface area contributed by atoms with Crippen LogP contribution in [0.2, 0.25) is 0 Å². The lowest BCUT2D eigenvalue weighted by Gasteiger charge is -2.25. The molecule has 0 saturated carbocycles. The van der Waals surface area contributed by atoms with Gasteiger partial charge in [-0.15, -0.1) is 0 Å². The van der Waals surface area contributed by atoms with E-state index in [2.05, 4.69) is 24.0 Å². The van der Waals surface area contributed by atoms with E-state index in [4.69, 9.17) is 9.73 Å². The summed E-state index contributed by atoms with van der Waals surface area (Å²) >= 11 is 1.28. The highest BCUT2D eigenvalue weighted by Crippen LogP contribution is 2.35. The minimum absolute atomic E-state index is 0.164. The van der Waals surface area contributed by atoms with E-state index in [1.54, 1.807) is 19.1 Å². The number of rotatable bonds is 6. The van der Waals surface area contributed by atoms with Crippen molar-refractivity contribution >= 4 is 34.8 Å². The van der Waals surface area contributed by atoms with E-state index in [1.807, 2.05) is 42.5 Å². The molecule has 0 N–H and O–H groups in total. The van der Waals surface area contributed by atoms with Gasteiger partial charge in [0.1, 0.15) is 5.82 Å². The van der Waals surface area contributed by atoms with Crippen molar-refractivity contribution in [2.24, 2.45) is 4.99 Å². The second-order valence-corrected chi connectivity index (χ2v) is 11.2. The highest BCUT2D eigenvalue weighted by molar-refractivity contribution is 7.07. The third-order valence-corrected chi connectivity index (χ3v) is 8.51. The van der Waals surface area contributed by atoms with Gasteiger partial charge in [-0.05, 0) is 73.7 Å². The molecule has 4 aromatic rings. The largest absolute Gasteiger partial charge is 0.463 e. The Labute approximate surface area is 241 Å². The van der Waals surface area contributed by atoms with Crippen LogP contribution < -0.4 is 19.8 Å². The molecule has 41 heavy (non-hydrogen) atoms. The zero-order valence-electron chi connectivity index (χ0n) is 23.0. The Balaban J connectivity index is 1.55. The molecule has 0 spiro atoms. The fourth-order valence-corrected chi connectivity index (χ4v) is 6.63. The van der Waals surface area contributed by atoms with Crippen molar-refractivity contribution in [2.45, 2.75) is 32.7 Å². The van der Waals surface area contributed by atoms with Crippen molar-refractivity contribution in [2.75, 3.05) is 24.6 Å². The van der Waals surface area contributed by atoms with Crippen molar-refractivity contribution < 1.29 is 13.9 Å². The van der Waals surface area contributed by atoms with Gasteiger partial charge < -0.3 is 9.64 Å². The van der Waals surface area contributed by atoms with E-state index in [0.717, 1.165) is 29.8 Å². The van der Waals surface area contributed by atoms with Crippen LogP contribution in [-0.2, 0) is 9.53 Å². The van der Waals surface area contributed by atoms with Crippen LogP contribution in [0, 0.1) is 12.7 Å². The molecule has 1 atom stereocenters. The molecule has 3 heterocycles. The van der Waals surface area contributed by atoms with Gasteiger partial charge in [-0.1, -0.05) is 59.9 Å². The molecular weight excluding hydrogens is 537 g/mol. The zero-order chi connectivity index (χ0) is 28.5. The minimum atomic E-state index is -0.831. The predicted octanol–water partition coefficient (Wildman–Crippen LogP) is 4.98. The molecule has 1 saturated heterocycles. The summed E-state index contributed by atoms with van der Waals surface area (Å²) in [6, 6.07) is 20.7. The number of carbonyl (C=O) groups excluding carboxylic acids is 1. The van der Waals surface area contributed by atoms with Crippen molar-refractivity contribution in [3.63, 3.8) is 0 Å². The van der Waals surface area contributed by atoms with Crippen LogP contribution in [0.15, 0.2) is 88.2 Å². The van der Waals surface area contributed by atoms with Gasteiger partial charge in [0.2, 0.25) is 0 Å². The number of halogens is 1. The summed E-state index contributed by atoms with van der Waals surface area (Å²) in [4.78, 5) is 35.2. The molecule has 6 rings (SSSR count). The Kier molecular flexibility index (Phi) is 7.41. The molecule has 6 nitrogen and oxygen atoms in total. The van der Waals surface area contributed by atoms with Gasteiger partial charge in [-0.3, -0.25) is 9.36 Å². The molecule has 0 amide bonds. The Morgan fingerprint density at radius 3 is 2.49 bits per heavy atom. The molecule has 0 bridgehead atoms. The maximum atomic E-state index is 14.0. The number of nitrogens with zero attached hydrogens (tertiary/aromatic N) is 3. The smallest absolute Gasteiger partial charge is 0.338 e. The number of thiazole rings is 1. The predicted molar refractivity (Wildman–Crippen MR) is 160 cm³/mol. The van der Waals surface area contributed by atoms with Crippen molar-refractivity contribution in [3.05, 3.63) is 126 Å². The lowest BCUT2D eigenvalue weighted by molar-refractivity contribution is -0.138. The molecule has 3 aromatic carbocycles. The van der Waals surface area contributed by atoms with E-state index in [-0.39, 0.29) is 17.7 Å². The SMILES string of the molecule is CCOC(=O)C1=C(c2ccccc2)N=c2s/c(=C/c3ccc(N4CCCC4)c(C)c3)c(=O)n2[C@@H]1c1ccc(F)cc1. The number of ether oxygens (including phenoxy) is 1. The lowest BCUT2D eigenvalue weighted by Crippen LogP contribution is -2.40. The number of benzene rings is 3. The molecule has 0 aliphatic carbocycles. The zero-order valence-corrected chi connectivity index (χ0v) is 23.8. The number of esters is 1. The molecular formula is C33H30FN3O3S. The number of anilines is 1. The number of hydrogen-bond donors (Lipinski definition) is 0. The van der Waals surface area contributed by atoms with Gasteiger partial charge >= 0.3 is 5.97 Å². The van der Waals surface area contributed by atoms with Crippen LogP contribution in [0.3, 0.4) is 0 Å². The van der Waals surface area contributed by atoms with Crippen LogP contribution in [0.25, 0.3) is 11.8 Å². The quantitative estimate of drug-likeness (QED) is 0.308. The number of aromatic nitrogens is 1. The first kappa shape index (κ1) is 26.9. The Morgan fingerprint density at radius 1 is 1.07 bits per heavy atom. The third kappa shape index (κ3) is 5.15. The summed E-state index contributed by atoms with van der Waals surface area (Å²) in [5.74, 6) is -0.967. The first-order chi connectivity index (χ1) is 19.9. The Bertz CT molecular complexity index is 1820. The van der Waals surface area contributed by atoms with Gasteiger partial charge in [0.25, 0.3) is 5.56 Å². The van der Waals surface area contributed by atoms with Gasteiger partial charge in [0, 0.05) is 24.3 Å². The fraction of sp³-hybridized carbons (Fsp3) is 0.242. The summed E-state index contributed by atoms with van der Waals surface area (Å²) in [6.07, 6.45) is 4.29. The molecule has 8 heteroatoms. The van der Waals surface area contributed by atoms with Crippen molar-refractivity contribution in [1.82, 2.24) is 4.57 Å². The molecule has 1 fully saturated rings. The second-order valence-electron chi connectivity index (χ2n) is 10.2. The number of aryl methyl sites for hydroxylation is 1. The topological polar surface area (TPSA) is 63.9 Å². The maximum Gasteiger partial charge on any atom is 0.338 e. The molecule has 208 valence electrons.